The monoisotopic (exact) mass is 155 g/mol. The van der Waals surface area contributed by atoms with E-state index < -0.39 is 0 Å². The first kappa shape index (κ1) is 9.05. The van der Waals surface area contributed by atoms with Gasteiger partial charge < -0.3 is 4.90 Å². The zero-order valence-electron chi connectivity index (χ0n) is 8.14. The molecule has 0 amide bonds. The third-order valence-corrected chi connectivity index (χ3v) is 2.93. The highest BCUT2D eigenvalue weighted by Crippen LogP contribution is 2.18. The first-order valence-corrected chi connectivity index (χ1v) is 4.98. The van der Waals surface area contributed by atoms with E-state index in [1.54, 1.807) is 0 Å². The second kappa shape index (κ2) is 4.10. The van der Waals surface area contributed by atoms with Crippen LogP contribution in [0.3, 0.4) is 0 Å². The molecule has 11 heavy (non-hydrogen) atoms. The summed E-state index contributed by atoms with van der Waals surface area (Å²) < 4.78 is 0. The Labute approximate surface area is 70.8 Å². The van der Waals surface area contributed by atoms with Crippen molar-refractivity contribution in [1.82, 2.24) is 4.90 Å². The Balaban J connectivity index is 2.24. The van der Waals surface area contributed by atoms with E-state index in [4.69, 9.17) is 0 Å². The summed E-state index contributed by atoms with van der Waals surface area (Å²) in [7, 11) is 0. The fraction of sp³-hybridized carbons (Fsp3) is 1.00. The molecule has 2 atom stereocenters. The topological polar surface area (TPSA) is 3.24 Å². The number of likely N-dealkylation sites (tertiary alicyclic amines) is 1. The fourth-order valence-electron chi connectivity index (χ4n) is 1.79. The number of hydrogen-bond acceptors (Lipinski definition) is 1. The summed E-state index contributed by atoms with van der Waals surface area (Å²) in [5.41, 5.74) is 0. The van der Waals surface area contributed by atoms with Crippen molar-refractivity contribution in [2.75, 3.05) is 13.1 Å². The Morgan fingerprint density at radius 2 is 2.27 bits per heavy atom. The SMILES string of the molecule is CC[C@H](C)CN1CCC[C@H]1C. The second-order valence-corrected chi connectivity index (χ2v) is 4.00. The standard InChI is InChI=1S/C10H21N/c1-4-9(2)8-11-7-5-6-10(11)3/h9-10H,4-8H2,1-3H3/t9-,10+/m0/s1. The van der Waals surface area contributed by atoms with Crippen LogP contribution in [-0.4, -0.2) is 24.0 Å². The average Bonchev–Trinajstić information content (AvgIpc) is 2.37. The lowest BCUT2D eigenvalue weighted by Gasteiger charge is -2.23. The molecular formula is C10H21N. The third-order valence-electron chi connectivity index (χ3n) is 2.93. The van der Waals surface area contributed by atoms with E-state index >= 15 is 0 Å². The number of hydrogen-bond donors (Lipinski definition) is 0. The van der Waals surface area contributed by atoms with E-state index in [9.17, 15) is 0 Å². The molecule has 1 heterocycles. The molecule has 0 unspecified atom stereocenters. The average molecular weight is 155 g/mol. The molecule has 0 aromatic carbocycles. The van der Waals surface area contributed by atoms with Crippen LogP contribution in [0.2, 0.25) is 0 Å². The van der Waals surface area contributed by atoms with Crippen LogP contribution in [0.5, 0.6) is 0 Å². The zero-order valence-corrected chi connectivity index (χ0v) is 8.14. The van der Waals surface area contributed by atoms with E-state index in [0.717, 1.165) is 12.0 Å². The van der Waals surface area contributed by atoms with Crippen molar-refractivity contribution < 1.29 is 0 Å². The molecule has 0 aliphatic carbocycles. The van der Waals surface area contributed by atoms with Crippen molar-refractivity contribution in [1.29, 1.82) is 0 Å². The van der Waals surface area contributed by atoms with Crippen molar-refractivity contribution >= 4 is 0 Å². The molecule has 0 aromatic rings. The predicted molar refractivity (Wildman–Crippen MR) is 49.7 cm³/mol. The quantitative estimate of drug-likeness (QED) is 0.605. The molecule has 0 aromatic heterocycles. The Morgan fingerprint density at radius 3 is 2.73 bits per heavy atom. The van der Waals surface area contributed by atoms with E-state index in [2.05, 4.69) is 25.7 Å². The molecule has 0 bridgehead atoms. The van der Waals surface area contributed by atoms with Crippen LogP contribution < -0.4 is 0 Å². The van der Waals surface area contributed by atoms with E-state index in [1.165, 1.54) is 32.4 Å². The van der Waals surface area contributed by atoms with Gasteiger partial charge in [0.05, 0.1) is 0 Å². The minimum atomic E-state index is 0.851. The molecule has 0 N–H and O–H groups in total. The van der Waals surface area contributed by atoms with Gasteiger partial charge in [0.1, 0.15) is 0 Å². The molecule has 1 heteroatoms. The van der Waals surface area contributed by atoms with Gasteiger partial charge in [-0.15, -0.1) is 0 Å². The van der Waals surface area contributed by atoms with Crippen LogP contribution >= 0.6 is 0 Å². The molecule has 1 saturated heterocycles. The predicted octanol–water partition coefficient (Wildman–Crippen LogP) is 2.52. The minimum absolute atomic E-state index is 0.851. The summed E-state index contributed by atoms with van der Waals surface area (Å²) >= 11 is 0. The van der Waals surface area contributed by atoms with Gasteiger partial charge >= 0.3 is 0 Å². The third kappa shape index (κ3) is 2.48. The lowest BCUT2D eigenvalue weighted by atomic mass is 10.1. The van der Waals surface area contributed by atoms with Crippen LogP contribution in [0, 0.1) is 5.92 Å². The summed E-state index contributed by atoms with van der Waals surface area (Å²) in [5.74, 6) is 0.885. The van der Waals surface area contributed by atoms with Crippen molar-refractivity contribution in [3.8, 4) is 0 Å². The van der Waals surface area contributed by atoms with E-state index in [-0.39, 0.29) is 0 Å². The van der Waals surface area contributed by atoms with Gasteiger partial charge in [0.25, 0.3) is 0 Å². The smallest absolute Gasteiger partial charge is 0.00675 e. The molecule has 1 fully saturated rings. The normalized spacial score (nSPS) is 29.2. The van der Waals surface area contributed by atoms with Gasteiger partial charge in [0, 0.05) is 12.6 Å². The van der Waals surface area contributed by atoms with Gasteiger partial charge in [0.15, 0.2) is 0 Å². The van der Waals surface area contributed by atoms with Crippen molar-refractivity contribution in [3.63, 3.8) is 0 Å². The van der Waals surface area contributed by atoms with Crippen LogP contribution in [0.1, 0.15) is 40.0 Å². The molecule has 0 spiro atoms. The first-order valence-electron chi connectivity index (χ1n) is 4.98. The summed E-state index contributed by atoms with van der Waals surface area (Å²) in [6, 6.07) is 0.851. The molecule has 0 radical (unpaired) electrons. The zero-order chi connectivity index (χ0) is 8.27. The van der Waals surface area contributed by atoms with Crippen molar-refractivity contribution in [2.24, 2.45) is 5.92 Å². The molecule has 1 aliphatic heterocycles. The highest BCUT2D eigenvalue weighted by Gasteiger charge is 2.20. The Morgan fingerprint density at radius 1 is 1.55 bits per heavy atom. The fourth-order valence-corrected chi connectivity index (χ4v) is 1.79. The van der Waals surface area contributed by atoms with Crippen LogP contribution in [-0.2, 0) is 0 Å². The summed E-state index contributed by atoms with van der Waals surface area (Å²) in [4.78, 5) is 2.63. The Kier molecular flexibility index (Phi) is 3.38. The van der Waals surface area contributed by atoms with Crippen molar-refractivity contribution in [3.05, 3.63) is 0 Å². The minimum Gasteiger partial charge on any atom is -0.300 e. The van der Waals surface area contributed by atoms with Gasteiger partial charge in [-0.3, -0.25) is 0 Å². The maximum atomic E-state index is 2.63. The molecular weight excluding hydrogens is 134 g/mol. The van der Waals surface area contributed by atoms with Gasteiger partial charge in [-0.2, -0.15) is 0 Å². The van der Waals surface area contributed by atoms with Gasteiger partial charge in [0.2, 0.25) is 0 Å². The summed E-state index contributed by atoms with van der Waals surface area (Å²) in [6.45, 7) is 9.65. The van der Waals surface area contributed by atoms with E-state index in [0.29, 0.717) is 0 Å². The molecule has 1 rings (SSSR count). The molecule has 0 saturated carbocycles. The van der Waals surface area contributed by atoms with Crippen LogP contribution in [0.25, 0.3) is 0 Å². The highest BCUT2D eigenvalue weighted by molar-refractivity contribution is 4.76. The lowest BCUT2D eigenvalue weighted by molar-refractivity contribution is 0.230. The number of rotatable bonds is 3. The molecule has 66 valence electrons. The summed E-state index contributed by atoms with van der Waals surface area (Å²) in [6.07, 6.45) is 4.15. The molecule has 1 nitrogen and oxygen atoms in total. The van der Waals surface area contributed by atoms with E-state index in [1.807, 2.05) is 0 Å². The first-order chi connectivity index (χ1) is 5.24. The Hall–Kier alpha value is -0.0400. The summed E-state index contributed by atoms with van der Waals surface area (Å²) in [5, 5.41) is 0. The second-order valence-electron chi connectivity index (χ2n) is 4.00. The van der Waals surface area contributed by atoms with Crippen LogP contribution in [0.15, 0.2) is 0 Å². The highest BCUT2D eigenvalue weighted by atomic mass is 15.2. The maximum Gasteiger partial charge on any atom is 0.00675 e. The largest absolute Gasteiger partial charge is 0.300 e. The Bertz CT molecular complexity index is 111. The van der Waals surface area contributed by atoms with Gasteiger partial charge in [-0.25, -0.2) is 0 Å². The number of nitrogens with zero attached hydrogens (tertiary/aromatic N) is 1. The van der Waals surface area contributed by atoms with Crippen molar-refractivity contribution in [2.45, 2.75) is 46.1 Å². The van der Waals surface area contributed by atoms with Gasteiger partial charge in [-0.1, -0.05) is 20.3 Å². The lowest BCUT2D eigenvalue weighted by Crippen LogP contribution is -2.31. The van der Waals surface area contributed by atoms with Crippen LogP contribution in [0.4, 0.5) is 0 Å². The molecule has 1 aliphatic rings. The maximum absolute atomic E-state index is 2.63. The van der Waals surface area contributed by atoms with Gasteiger partial charge in [-0.05, 0) is 32.2 Å².